The Morgan fingerprint density at radius 3 is 2.33 bits per heavy atom. The van der Waals surface area contributed by atoms with Crippen LogP contribution in [0.3, 0.4) is 0 Å². The van der Waals surface area contributed by atoms with E-state index in [0.29, 0.717) is 11.3 Å². The predicted molar refractivity (Wildman–Crippen MR) is 66.6 cm³/mol. The third-order valence-electron chi connectivity index (χ3n) is 3.02. The van der Waals surface area contributed by atoms with Crippen LogP contribution in [-0.2, 0) is 0 Å². The second kappa shape index (κ2) is 4.46. The minimum atomic E-state index is -0.417. The van der Waals surface area contributed by atoms with Crippen LogP contribution in [0.1, 0.15) is 16.7 Å². The standard InChI is InChI=1S/C14H11FN2O/c1-8-9(2)13(17-14(18)12(8)7-16)10-3-5-11(15)6-4-10/h3-6H,1-2H3,(H,17,18). The monoisotopic (exact) mass is 242 g/mol. The summed E-state index contributed by atoms with van der Waals surface area (Å²) < 4.78 is 12.9. The lowest BCUT2D eigenvalue weighted by Gasteiger charge is -2.09. The topological polar surface area (TPSA) is 56.6 Å². The first-order chi connectivity index (χ1) is 8.54. The molecule has 0 spiro atoms. The van der Waals surface area contributed by atoms with E-state index in [0.717, 1.165) is 11.1 Å². The van der Waals surface area contributed by atoms with E-state index >= 15 is 0 Å². The smallest absolute Gasteiger partial charge is 0.266 e. The zero-order valence-corrected chi connectivity index (χ0v) is 10.0. The van der Waals surface area contributed by atoms with Crippen LogP contribution in [-0.4, -0.2) is 4.98 Å². The molecule has 2 rings (SSSR count). The SMILES string of the molecule is Cc1c(-c2ccc(F)cc2)[nH]c(=O)c(C#N)c1C. The van der Waals surface area contributed by atoms with Crippen LogP contribution in [0, 0.1) is 31.0 Å². The molecule has 1 heterocycles. The van der Waals surface area contributed by atoms with Crippen LogP contribution < -0.4 is 5.56 Å². The van der Waals surface area contributed by atoms with E-state index in [-0.39, 0.29) is 11.4 Å². The highest BCUT2D eigenvalue weighted by molar-refractivity contribution is 5.65. The Kier molecular flexibility index (Phi) is 2.99. The number of nitrogens with one attached hydrogen (secondary N) is 1. The fraction of sp³-hybridized carbons (Fsp3) is 0.143. The largest absolute Gasteiger partial charge is 0.321 e. The summed E-state index contributed by atoms with van der Waals surface area (Å²) in [4.78, 5) is 14.4. The van der Waals surface area contributed by atoms with Gasteiger partial charge in [0.25, 0.3) is 5.56 Å². The van der Waals surface area contributed by atoms with E-state index in [1.165, 1.54) is 12.1 Å². The summed E-state index contributed by atoms with van der Waals surface area (Å²) in [7, 11) is 0. The van der Waals surface area contributed by atoms with Gasteiger partial charge in [-0.05, 0) is 54.8 Å². The number of pyridine rings is 1. The summed E-state index contributed by atoms with van der Waals surface area (Å²) in [6.07, 6.45) is 0. The minimum Gasteiger partial charge on any atom is -0.321 e. The number of hydrogen-bond acceptors (Lipinski definition) is 2. The van der Waals surface area contributed by atoms with E-state index in [2.05, 4.69) is 4.98 Å². The Labute approximate surface area is 104 Å². The van der Waals surface area contributed by atoms with E-state index in [1.807, 2.05) is 13.0 Å². The second-order valence-electron chi connectivity index (χ2n) is 4.07. The molecule has 0 radical (unpaired) electrons. The first-order valence-corrected chi connectivity index (χ1v) is 5.44. The number of benzene rings is 1. The molecule has 0 saturated heterocycles. The van der Waals surface area contributed by atoms with Crippen molar-refractivity contribution in [3.05, 3.63) is 57.1 Å². The molecule has 0 saturated carbocycles. The molecule has 90 valence electrons. The van der Waals surface area contributed by atoms with Crippen molar-refractivity contribution < 1.29 is 4.39 Å². The molecule has 1 aromatic heterocycles. The molecular weight excluding hydrogens is 231 g/mol. The maximum atomic E-state index is 12.9. The minimum absolute atomic E-state index is 0.123. The van der Waals surface area contributed by atoms with E-state index < -0.39 is 5.56 Å². The fourth-order valence-electron chi connectivity index (χ4n) is 1.85. The zero-order valence-electron chi connectivity index (χ0n) is 10.0. The van der Waals surface area contributed by atoms with Crippen molar-refractivity contribution in [3.63, 3.8) is 0 Å². The van der Waals surface area contributed by atoms with Crippen molar-refractivity contribution in [2.24, 2.45) is 0 Å². The zero-order chi connectivity index (χ0) is 13.3. The average Bonchev–Trinajstić information content (AvgIpc) is 2.36. The van der Waals surface area contributed by atoms with Crippen LogP contribution in [0.2, 0.25) is 0 Å². The van der Waals surface area contributed by atoms with Gasteiger partial charge in [-0.25, -0.2) is 4.39 Å². The van der Waals surface area contributed by atoms with Gasteiger partial charge in [-0.1, -0.05) is 0 Å². The predicted octanol–water partition coefficient (Wildman–Crippen LogP) is 2.67. The van der Waals surface area contributed by atoms with E-state index in [4.69, 9.17) is 5.26 Å². The maximum Gasteiger partial charge on any atom is 0.266 e. The average molecular weight is 242 g/mol. The molecule has 0 aliphatic rings. The van der Waals surface area contributed by atoms with Crippen molar-refractivity contribution in [1.82, 2.24) is 4.98 Å². The van der Waals surface area contributed by atoms with Crippen molar-refractivity contribution in [3.8, 4) is 17.3 Å². The van der Waals surface area contributed by atoms with Gasteiger partial charge >= 0.3 is 0 Å². The van der Waals surface area contributed by atoms with Gasteiger partial charge < -0.3 is 4.98 Å². The molecule has 4 heteroatoms. The van der Waals surface area contributed by atoms with E-state index in [9.17, 15) is 9.18 Å². The number of nitriles is 1. The van der Waals surface area contributed by atoms with Gasteiger partial charge in [-0.3, -0.25) is 4.79 Å². The van der Waals surface area contributed by atoms with Crippen LogP contribution in [0.25, 0.3) is 11.3 Å². The molecule has 1 aromatic carbocycles. The first-order valence-electron chi connectivity index (χ1n) is 5.44. The Balaban J connectivity index is 2.71. The van der Waals surface area contributed by atoms with Gasteiger partial charge in [-0.2, -0.15) is 5.26 Å². The molecule has 0 aliphatic heterocycles. The first kappa shape index (κ1) is 12.1. The van der Waals surface area contributed by atoms with Crippen molar-refractivity contribution in [1.29, 1.82) is 5.26 Å². The normalized spacial score (nSPS) is 10.1. The highest BCUT2D eigenvalue weighted by Crippen LogP contribution is 2.23. The van der Waals surface area contributed by atoms with Crippen LogP contribution in [0.4, 0.5) is 4.39 Å². The van der Waals surface area contributed by atoms with Crippen LogP contribution >= 0.6 is 0 Å². The van der Waals surface area contributed by atoms with Crippen LogP contribution in [0.15, 0.2) is 29.1 Å². The van der Waals surface area contributed by atoms with Crippen molar-refractivity contribution >= 4 is 0 Å². The lowest BCUT2D eigenvalue weighted by Crippen LogP contribution is -2.15. The highest BCUT2D eigenvalue weighted by atomic mass is 19.1. The summed E-state index contributed by atoms with van der Waals surface area (Å²) in [5, 5.41) is 8.90. The maximum absolute atomic E-state index is 12.9. The molecule has 0 atom stereocenters. The molecule has 18 heavy (non-hydrogen) atoms. The van der Waals surface area contributed by atoms with E-state index in [1.54, 1.807) is 19.1 Å². The molecule has 2 aromatic rings. The summed E-state index contributed by atoms with van der Waals surface area (Å²) in [6, 6.07) is 7.75. The quantitative estimate of drug-likeness (QED) is 0.835. The Bertz CT molecular complexity index is 693. The number of rotatable bonds is 1. The molecule has 0 amide bonds. The number of aromatic amines is 1. The van der Waals surface area contributed by atoms with Gasteiger partial charge in [0.05, 0.1) is 5.69 Å². The highest BCUT2D eigenvalue weighted by Gasteiger charge is 2.12. The van der Waals surface area contributed by atoms with Gasteiger partial charge in [-0.15, -0.1) is 0 Å². The fourth-order valence-corrected chi connectivity index (χ4v) is 1.85. The number of halogens is 1. The summed E-state index contributed by atoms with van der Waals surface area (Å²) in [6.45, 7) is 3.56. The molecule has 1 N–H and O–H groups in total. The van der Waals surface area contributed by atoms with Crippen molar-refractivity contribution in [2.45, 2.75) is 13.8 Å². The summed E-state index contributed by atoms with van der Waals surface area (Å²) in [5.41, 5.74) is 2.52. The molecule has 0 bridgehead atoms. The molecule has 3 nitrogen and oxygen atoms in total. The lowest BCUT2D eigenvalue weighted by atomic mass is 10.00. The summed E-state index contributed by atoms with van der Waals surface area (Å²) >= 11 is 0. The molecule has 0 unspecified atom stereocenters. The molecular formula is C14H11FN2O. The summed E-state index contributed by atoms with van der Waals surface area (Å²) in [5.74, 6) is -0.330. The molecule has 0 fully saturated rings. The number of nitrogens with zero attached hydrogens (tertiary/aromatic N) is 1. The number of H-pyrrole nitrogens is 1. The number of aromatic nitrogens is 1. The van der Waals surface area contributed by atoms with Gasteiger partial charge in [0.15, 0.2) is 0 Å². The Morgan fingerprint density at radius 2 is 1.78 bits per heavy atom. The van der Waals surface area contributed by atoms with Gasteiger partial charge in [0.2, 0.25) is 0 Å². The lowest BCUT2D eigenvalue weighted by molar-refractivity contribution is 0.628. The number of hydrogen-bond donors (Lipinski definition) is 1. The Hall–Kier alpha value is -2.41. The molecule has 0 aliphatic carbocycles. The third-order valence-corrected chi connectivity index (χ3v) is 3.02. The van der Waals surface area contributed by atoms with Gasteiger partial charge in [0.1, 0.15) is 17.4 Å². The Morgan fingerprint density at radius 1 is 1.17 bits per heavy atom. The van der Waals surface area contributed by atoms with Crippen molar-refractivity contribution in [2.75, 3.05) is 0 Å². The van der Waals surface area contributed by atoms with Gasteiger partial charge in [0, 0.05) is 0 Å². The second-order valence-corrected chi connectivity index (χ2v) is 4.07. The third kappa shape index (κ3) is 1.91. The van der Waals surface area contributed by atoms with Crippen LogP contribution in [0.5, 0.6) is 0 Å².